The third kappa shape index (κ3) is 2.99. The first-order valence-corrected chi connectivity index (χ1v) is 5.39. The molecule has 14 heavy (non-hydrogen) atoms. The summed E-state index contributed by atoms with van der Waals surface area (Å²) in [6.07, 6.45) is 0.0130. The van der Waals surface area contributed by atoms with E-state index in [2.05, 4.69) is 0 Å². The summed E-state index contributed by atoms with van der Waals surface area (Å²) in [6, 6.07) is 5.93. The minimum Gasteiger partial charge on any atom is -0.508 e. The maximum Gasteiger partial charge on any atom is 0.281 e. The molecule has 0 amide bonds. The minimum absolute atomic E-state index is 0.0130. The van der Waals surface area contributed by atoms with E-state index in [1.807, 2.05) is 0 Å². The Morgan fingerprint density at radius 3 is 2.21 bits per heavy atom. The molecule has 0 spiro atoms. The summed E-state index contributed by atoms with van der Waals surface area (Å²) in [7, 11) is -4.20. The van der Waals surface area contributed by atoms with Crippen LogP contribution in [0.4, 0.5) is 0 Å². The smallest absolute Gasteiger partial charge is 0.281 e. The van der Waals surface area contributed by atoms with E-state index in [0.29, 0.717) is 5.56 Å². The van der Waals surface area contributed by atoms with E-state index in [1.54, 1.807) is 12.1 Å². The summed E-state index contributed by atoms with van der Waals surface area (Å²) in [6.45, 7) is 0. The van der Waals surface area contributed by atoms with Crippen LogP contribution in [0, 0.1) is 0 Å². The van der Waals surface area contributed by atoms with E-state index in [9.17, 15) is 8.42 Å². The first kappa shape index (κ1) is 11.0. The molecule has 78 valence electrons. The van der Waals surface area contributed by atoms with Gasteiger partial charge < -0.3 is 10.8 Å². The Balaban J connectivity index is 2.75. The van der Waals surface area contributed by atoms with Gasteiger partial charge in [0.05, 0.1) is 0 Å². The van der Waals surface area contributed by atoms with Gasteiger partial charge >= 0.3 is 0 Å². The van der Waals surface area contributed by atoms with Crippen molar-refractivity contribution in [2.24, 2.45) is 5.73 Å². The molecule has 1 aromatic carbocycles. The molecule has 0 saturated carbocycles. The lowest BCUT2D eigenvalue weighted by Gasteiger charge is -2.07. The third-order valence-electron chi connectivity index (χ3n) is 1.76. The molecule has 4 N–H and O–H groups in total. The van der Waals surface area contributed by atoms with Crippen LogP contribution in [0.3, 0.4) is 0 Å². The average Bonchev–Trinajstić information content (AvgIpc) is 2.07. The molecule has 0 aliphatic carbocycles. The molecule has 6 heteroatoms. The monoisotopic (exact) mass is 217 g/mol. The van der Waals surface area contributed by atoms with Gasteiger partial charge in [-0.3, -0.25) is 4.55 Å². The van der Waals surface area contributed by atoms with Gasteiger partial charge in [-0.25, -0.2) is 0 Å². The number of rotatable bonds is 3. The fourth-order valence-electron chi connectivity index (χ4n) is 0.970. The molecule has 0 unspecified atom stereocenters. The molecule has 1 atom stereocenters. The van der Waals surface area contributed by atoms with Gasteiger partial charge in [-0.05, 0) is 17.7 Å². The molecular weight excluding hydrogens is 206 g/mol. The number of benzene rings is 1. The standard InChI is InChI=1S/C8H11NO4S/c9-8(14(11,12)13)5-6-1-3-7(10)4-2-6/h1-4,8,10H,5,9H2,(H,11,12,13)/t8-/m1/s1. The number of aromatic hydroxyl groups is 1. The zero-order chi connectivity index (χ0) is 10.8. The van der Waals surface area contributed by atoms with Crippen LogP contribution in [-0.2, 0) is 16.5 Å². The zero-order valence-electron chi connectivity index (χ0n) is 7.29. The molecular formula is C8H11NO4S. The molecule has 0 saturated heterocycles. The van der Waals surface area contributed by atoms with Crippen LogP contribution in [0.25, 0.3) is 0 Å². The predicted octanol–water partition coefficient (Wildman–Crippen LogP) is 0.107. The lowest BCUT2D eigenvalue weighted by atomic mass is 10.1. The Morgan fingerprint density at radius 2 is 1.79 bits per heavy atom. The maximum absolute atomic E-state index is 10.6. The Hall–Kier alpha value is -1.11. The van der Waals surface area contributed by atoms with Gasteiger partial charge in [0, 0.05) is 6.42 Å². The van der Waals surface area contributed by atoms with Crippen LogP contribution in [0.15, 0.2) is 24.3 Å². The Morgan fingerprint density at radius 1 is 1.29 bits per heavy atom. The van der Waals surface area contributed by atoms with Gasteiger partial charge in [-0.2, -0.15) is 8.42 Å². The second-order valence-corrected chi connectivity index (χ2v) is 4.56. The molecule has 1 rings (SSSR count). The van der Waals surface area contributed by atoms with E-state index in [0.717, 1.165) is 0 Å². The summed E-state index contributed by atoms with van der Waals surface area (Å²) in [5.41, 5.74) is 5.85. The lowest BCUT2D eigenvalue weighted by Crippen LogP contribution is -2.32. The van der Waals surface area contributed by atoms with Gasteiger partial charge in [0.25, 0.3) is 10.1 Å². The summed E-state index contributed by atoms with van der Waals surface area (Å²) in [4.78, 5) is 0. The second kappa shape index (κ2) is 3.95. The largest absolute Gasteiger partial charge is 0.508 e. The fraction of sp³-hybridized carbons (Fsp3) is 0.250. The first-order chi connectivity index (χ1) is 6.39. The molecule has 0 aliphatic rings. The zero-order valence-corrected chi connectivity index (χ0v) is 8.11. The van der Waals surface area contributed by atoms with E-state index < -0.39 is 15.5 Å². The van der Waals surface area contributed by atoms with Gasteiger partial charge in [0.1, 0.15) is 11.1 Å². The van der Waals surface area contributed by atoms with Crippen molar-refractivity contribution in [3.8, 4) is 5.75 Å². The van der Waals surface area contributed by atoms with Crippen LogP contribution < -0.4 is 5.73 Å². The van der Waals surface area contributed by atoms with Crippen molar-refractivity contribution >= 4 is 10.1 Å². The molecule has 0 aliphatic heterocycles. The Kier molecular flexibility index (Phi) is 3.10. The fourth-order valence-corrected chi connectivity index (χ4v) is 1.37. The predicted molar refractivity (Wildman–Crippen MR) is 51.3 cm³/mol. The van der Waals surface area contributed by atoms with Crippen molar-refractivity contribution < 1.29 is 18.1 Å². The van der Waals surface area contributed by atoms with Crippen LogP contribution in [-0.4, -0.2) is 23.5 Å². The number of hydrogen-bond acceptors (Lipinski definition) is 4. The topological polar surface area (TPSA) is 101 Å². The van der Waals surface area contributed by atoms with Crippen LogP contribution >= 0.6 is 0 Å². The normalized spacial score (nSPS) is 13.9. The van der Waals surface area contributed by atoms with Gasteiger partial charge in [-0.1, -0.05) is 12.1 Å². The number of hydrogen-bond donors (Lipinski definition) is 3. The quantitative estimate of drug-likeness (QED) is 0.624. The van der Waals surface area contributed by atoms with Crippen molar-refractivity contribution in [2.75, 3.05) is 0 Å². The molecule has 0 aromatic heterocycles. The SMILES string of the molecule is N[C@@H](Cc1ccc(O)cc1)S(=O)(=O)O. The maximum atomic E-state index is 10.6. The highest BCUT2D eigenvalue weighted by Gasteiger charge is 2.17. The Bertz CT molecular complexity index is 398. The molecule has 0 bridgehead atoms. The minimum atomic E-state index is -4.20. The summed E-state index contributed by atoms with van der Waals surface area (Å²) in [5, 5.41) is 7.62. The lowest BCUT2D eigenvalue weighted by molar-refractivity contribution is 0.467. The van der Waals surface area contributed by atoms with Crippen molar-refractivity contribution in [1.82, 2.24) is 0 Å². The van der Waals surface area contributed by atoms with Gasteiger partial charge in [-0.15, -0.1) is 0 Å². The average molecular weight is 217 g/mol. The van der Waals surface area contributed by atoms with Crippen molar-refractivity contribution in [2.45, 2.75) is 11.8 Å². The first-order valence-electron chi connectivity index (χ1n) is 3.89. The van der Waals surface area contributed by atoms with Crippen LogP contribution in [0.1, 0.15) is 5.56 Å². The highest BCUT2D eigenvalue weighted by Crippen LogP contribution is 2.11. The molecule has 0 radical (unpaired) electrons. The van der Waals surface area contributed by atoms with E-state index >= 15 is 0 Å². The third-order valence-corrected chi connectivity index (χ3v) is 2.69. The summed E-state index contributed by atoms with van der Waals surface area (Å²) >= 11 is 0. The molecule has 0 heterocycles. The molecule has 5 nitrogen and oxygen atoms in total. The second-order valence-electron chi connectivity index (χ2n) is 2.92. The van der Waals surface area contributed by atoms with Crippen molar-refractivity contribution in [3.05, 3.63) is 29.8 Å². The number of phenolic OH excluding ortho intramolecular Hbond substituents is 1. The highest BCUT2D eigenvalue weighted by molar-refractivity contribution is 7.86. The highest BCUT2D eigenvalue weighted by atomic mass is 32.2. The van der Waals surface area contributed by atoms with E-state index in [4.69, 9.17) is 15.4 Å². The van der Waals surface area contributed by atoms with Crippen LogP contribution in [0.5, 0.6) is 5.75 Å². The van der Waals surface area contributed by atoms with Crippen molar-refractivity contribution in [3.63, 3.8) is 0 Å². The number of nitrogens with two attached hydrogens (primary N) is 1. The van der Waals surface area contributed by atoms with Crippen LogP contribution in [0.2, 0.25) is 0 Å². The molecule has 0 fully saturated rings. The van der Waals surface area contributed by atoms with Crippen molar-refractivity contribution in [1.29, 1.82) is 0 Å². The number of phenols is 1. The van der Waals surface area contributed by atoms with Gasteiger partial charge in [0.2, 0.25) is 0 Å². The summed E-state index contributed by atoms with van der Waals surface area (Å²) in [5.74, 6) is 0.0918. The van der Waals surface area contributed by atoms with E-state index in [-0.39, 0.29) is 12.2 Å². The van der Waals surface area contributed by atoms with Gasteiger partial charge in [0.15, 0.2) is 0 Å². The summed E-state index contributed by atoms with van der Waals surface area (Å²) < 4.78 is 29.8. The van der Waals surface area contributed by atoms with E-state index in [1.165, 1.54) is 12.1 Å². The molecule has 1 aromatic rings. The Labute approximate surface area is 81.9 Å².